The SMILES string of the molecule is NCCCC[C@H](N)C(=O)N[C@@H](Cc1ccc(O)cc1)C(=O)N1CCC[C@@H]1C(=O)O. The number of carbonyl (C=O) groups is 3. The van der Waals surface area contributed by atoms with Gasteiger partial charge in [-0.3, -0.25) is 9.59 Å². The molecular formula is C20H30N4O5. The normalized spacial score (nSPS) is 18.3. The standard InChI is InChI=1S/C20H30N4O5/c21-10-2-1-4-15(22)18(26)23-16(12-13-6-8-14(25)9-7-13)19(27)24-11-3-5-17(24)20(28)29/h6-9,15-17,25H,1-5,10-12,21-22H2,(H,23,26)(H,28,29)/t15-,16-,17+/m0/s1. The van der Waals surface area contributed by atoms with E-state index in [-0.39, 0.29) is 12.2 Å². The number of aliphatic carboxylic acids is 1. The summed E-state index contributed by atoms with van der Waals surface area (Å²) in [6, 6.07) is 3.70. The van der Waals surface area contributed by atoms with Gasteiger partial charge in [0.1, 0.15) is 17.8 Å². The lowest BCUT2D eigenvalue weighted by Gasteiger charge is -2.28. The summed E-state index contributed by atoms with van der Waals surface area (Å²) < 4.78 is 0. The van der Waals surface area contributed by atoms with Gasteiger partial charge in [0.05, 0.1) is 6.04 Å². The molecule has 1 aromatic carbocycles. The summed E-state index contributed by atoms with van der Waals surface area (Å²) in [6.07, 6.45) is 3.06. The van der Waals surface area contributed by atoms with E-state index in [0.29, 0.717) is 38.8 Å². The molecule has 160 valence electrons. The Morgan fingerprint density at radius 3 is 2.52 bits per heavy atom. The van der Waals surface area contributed by atoms with Gasteiger partial charge in [-0.2, -0.15) is 0 Å². The molecule has 7 N–H and O–H groups in total. The van der Waals surface area contributed by atoms with Crippen molar-refractivity contribution in [2.45, 2.75) is 56.7 Å². The van der Waals surface area contributed by atoms with Crippen LogP contribution >= 0.6 is 0 Å². The third kappa shape index (κ3) is 6.43. The average Bonchev–Trinajstić information content (AvgIpc) is 3.18. The van der Waals surface area contributed by atoms with Crippen molar-refractivity contribution in [1.29, 1.82) is 0 Å². The molecule has 1 fully saturated rings. The predicted octanol–water partition coefficient (Wildman–Crippen LogP) is -0.0486. The number of hydrogen-bond donors (Lipinski definition) is 5. The van der Waals surface area contributed by atoms with Gasteiger partial charge in [0.15, 0.2) is 0 Å². The molecule has 2 rings (SSSR count). The van der Waals surface area contributed by atoms with Crippen LogP contribution < -0.4 is 16.8 Å². The van der Waals surface area contributed by atoms with Crippen LogP contribution in [0.25, 0.3) is 0 Å². The maximum atomic E-state index is 13.1. The highest BCUT2D eigenvalue weighted by molar-refractivity contribution is 5.92. The molecule has 0 aliphatic carbocycles. The number of likely N-dealkylation sites (tertiary alicyclic amines) is 1. The quantitative estimate of drug-likeness (QED) is 0.341. The summed E-state index contributed by atoms with van der Waals surface area (Å²) in [5.41, 5.74) is 12.1. The van der Waals surface area contributed by atoms with Crippen molar-refractivity contribution < 1.29 is 24.6 Å². The number of nitrogens with one attached hydrogen (secondary N) is 1. The van der Waals surface area contributed by atoms with Gasteiger partial charge < -0.3 is 31.9 Å². The molecular weight excluding hydrogens is 376 g/mol. The zero-order valence-electron chi connectivity index (χ0n) is 16.4. The topological polar surface area (TPSA) is 159 Å². The van der Waals surface area contributed by atoms with Crippen molar-refractivity contribution in [1.82, 2.24) is 10.2 Å². The molecule has 2 amide bonds. The molecule has 1 aliphatic heterocycles. The Morgan fingerprint density at radius 2 is 1.90 bits per heavy atom. The van der Waals surface area contributed by atoms with E-state index in [9.17, 15) is 24.6 Å². The second kappa shape index (κ2) is 10.8. The summed E-state index contributed by atoms with van der Waals surface area (Å²) in [5, 5.41) is 21.5. The Bertz CT molecular complexity index is 709. The minimum absolute atomic E-state index is 0.0908. The maximum absolute atomic E-state index is 13.1. The Hall–Kier alpha value is -2.65. The van der Waals surface area contributed by atoms with Crippen molar-refractivity contribution in [2.24, 2.45) is 11.5 Å². The summed E-state index contributed by atoms with van der Waals surface area (Å²) in [5.74, 6) is -1.85. The third-order valence-corrected chi connectivity index (χ3v) is 5.12. The zero-order valence-corrected chi connectivity index (χ0v) is 16.4. The van der Waals surface area contributed by atoms with E-state index < -0.39 is 35.9 Å². The molecule has 3 atom stereocenters. The molecule has 1 heterocycles. The highest BCUT2D eigenvalue weighted by atomic mass is 16.4. The number of aromatic hydroxyl groups is 1. The first-order valence-electron chi connectivity index (χ1n) is 9.90. The molecule has 0 radical (unpaired) electrons. The number of carboxylic acid groups (broad SMARTS) is 1. The number of amides is 2. The molecule has 0 aromatic heterocycles. The number of rotatable bonds is 10. The molecule has 0 spiro atoms. The Labute approximate surface area is 170 Å². The first kappa shape index (κ1) is 22.6. The van der Waals surface area contributed by atoms with Crippen LogP contribution in [-0.4, -0.2) is 64.1 Å². The highest BCUT2D eigenvalue weighted by Crippen LogP contribution is 2.20. The van der Waals surface area contributed by atoms with Crippen LogP contribution in [-0.2, 0) is 20.8 Å². The van der Waals surface area contributed by atoms with Crippen molar-refractivity contribution in [2.75, 3.05) is 13.1 Å². The van der Waals surface area contributed by atoms with Gasteiger partial charge >= 0.3 is 5.97 Å². The van der Waals surface area contributed by atoms with Gasteiger partial charge in [0, 0.05) is 13.0 Å². The lowest BCUT2D eigenvalue weighted by molar-refractivity contribution is -0.149. The smallest absolute Gasteiger partial charge is 0.326 e. The van der Waals surface area contributed by atoms with Gasteiger partial charge in [-0.05, 0) is 49.9 Å². The van der Waals surface area contributed by atoms with E-state index in [0.717, 1.165) is 12.0 Å². The fraction of sp³-hybridized carbons (Fsp3) is 0.550. The van der Waals surface area contributed by atoms with Crippen LogP contribution in [0.1, 0.15) is 37.7 Å². The largest absolute Gasteiger partial charge is 0.508 e. The summed E-state index contributed by atoms with van der Waals surface area (Å²) in [4.78, 5) is 38.4. The number of carboxylic acids is 1. The number of phenolic OH excluding ortho intramolecular Hbond substituents is 1. The summed E-state index contributed by atoms with van der Waals surface area (Å²) in [7, 11) is 0. The van der Waals surface area contributed by atoms with Crippen LogP contribution in [0.4, 0.5) is 0 Å². The molecule has 1 aliphatic rings. The molecule has 29 heavy (non-hydrogen) atoms. The van der Waals surface area contributed by atoms with Gasteiger partial charge in [-0.25, -0.2) is 4.79 Å². The molecule has 0 saturated carbocycles. The van der Waals surface area contributed by atoms with Crippen molar-refractivity contribution in [3.8, 4) is 5.75 Å². The van der Waals surface area contributed by atoms with Crippen molar-refractivity contribution in [3.05, 3.63) is 29.8 Å². The fourth-order valence-corrected chi connectivity index (χ4v) is 3.47. The predicted molar refractivity (Wildman–Crippen MR) is 107 cm³/mol. The fourth-order valence-electron chi connectivity index (χ4n) is 3.47. The summed E-state index contributed by atoms with van der Waals surface area (Å²) in [6.45, 7) is 0.849. The monoisotopic (exact) mass is 406 g/mol. The van der Waals surface area contributed by atoms with Gasteiger partial charge in [0.2, 0.25) is 11.8 Å². The Morgan fingerprint density at radius 1 is 1.21 bits per heavy atom. The average molecular weight is 406 g/mol. The number of unbranched alkanes of at least 4 members (excludes halogenated alkanes) is 1. The van der Waals surface area contributed by atoms with Crippen LogP contribution in [0.2, 0.25) is 0 Å². The first-order chi connectivity index (χ1) is 13.8. The number of nitrogens with two attached hydrogens (primary N) is 2. The minimum Gasteiger partial charge on any atom is -0.508 e. The van der Waals surface area contributed by atoms with Gasteiger partial charge in [-0.15, -0.1) is 0 Å². The molecule has 0 unspecified atom stereocenters. The van der Waals surface area contributed by atoms with E-state index in [4.69, 9.17) is 11.5 Å². The molecule has 9 heteroatoms. The number of hydrogen-bond acceptors (Lipinski definition) is 6. The van der Waals surface area contributed by atoms with Gasteiger partial charge in [0.25, 0.3) is 0 Å². The van der Waals surface area contributed by atoms with E-state index in [1.165, 1.54) is 17.0 Å². The van der Waals surface area contributed by atoms with E-state index in [1.54, 1.807) is 12.1 Å². The molecule has 1 aromatic rings. The maximum Gasteiger partial charge on any atom is 0.326 e. The van der Waals surface area contributed by atoms with E-state index in [1.807, 2.05) is 0 Å². The number of nitrogens with zero attached hydrogens (tertiary/aromatic N) is 1. The number of carbonyl (C=O) groups excluding carboxylic acids is 2. The molecule has 9 nitrogen and oxygen atoms in total. The van der Waals surface area contributed by atoms with Crippen molar-refractivity contribution >= 4 is 17.8 Å². The van der Waals surface area contributed by atoms with Crippen molar-refractivity contribution in [3.63, 3.8) is 0 Å². The van der Waals surface area contributed by atoms with E-state index in [2.05, 4.69) is 5.32 Å². The summed E-state index contributed by atoms with van der Waals surface area (Å²) >= 11 is 0. The third-order valence-electron chi connectivity index (χ3n) is 5.12. The lowest BCUT2D eigenvalue weighted by Crippen LogP contribution is -2.55. The molecule has 1 saturated heterocycles. The van der Waals surface area contributed by atoms with Crippen LogP contribution in [0.3, 0.4) is 0 Å². The van der Waals surface area contributed by atoms with Crippen LogP contribution in [0, 0.1) is 0 Å². The molecule has 0 bridgehead atoms. The van der Waals surface area contributed by atoms with Crippen LogP contribution in [0.15, 0.2) is 24.3 Å². The second-order valence-corrected chi connectivity index (χ2v) is 7.35. The number of phenols is 1. The van der Waals surface area contributed by atoms with Gasteiger partial charge in [-0.1, -0.05) is 18.6 Å². The number of benzene rings is 1. The minimum atomic E-state index is -1.05. The Balaban J connectivity index is 2.14. The second-order valence-electron chi connectivity index (χ2n) is 7.35. The lowest BCUT2D eigenvalue weighted by atomic mass is 10.0. The Kier molecular flexibility index (Phi) is 8.41. The van der Waals surface area contributed by atoms with Crippen LogP contribution in [0.5, 0.6) is 5.75 Å². The first-order valence-corrected chi connectivity index (χ1v) is 9.90. The zero-order chi connectivity index (χ0) is 21.4. The van der Waals surface area contributed by atoms with E-state index >= 15 is 0 Å². The highest BCUT2D eigenvalue weighted by Gasteiger charge is 2.38.